The first-order valence-electron chi connectivity index (χ1n) is 6.25. The summed E-state index contributed by atoms with van der Waals surface area (Å²) < 4.78 is 29.6. The highest BCUT2D eigenvalue weighted by atomic mass is 32.2. The highest BCUT2D eigenvalue weighted by Crippen LogP contribution is 2.41. The van der Waals surface area contributed by atoms with Crippen molar-refractivity contribution in [3.63, 3.8) is 0 Å². The Balaban J connectivity index is 2.63. The van der Waals surface area contributed by atoms with Crippen LogP contribution in [-0.4, -0.2) is 39.1 Å². The van der Waals surface area contributed by atoms with Crippen molar-refractivity contribution in [3.05, 3.63) is 24.3 Å². The molecular formula is C13H18N2O4S. The number of amides is 1. The lowest BCUT2D eigenvalue weighted by molar-refractivity contribution is -0.120. The van der Waals surface area contributed by atoms with Crippen LogP contribution in [0.5, 0.6) is 5.75 Å². The van der Waals surface area contributed by atoms with Gasteiger partial charge < -0.3 is 15.4 Å². The molecule has 1 fully saturated rings. The average molecular weight is 298 g/mol. The summed E-state index contributed by atoms with van der Waals surface area (Å²) in [5.41, 5.74) is 6.00. The molecule has 20 heavy (non-hydrogen) atoms. The van der Waals surface area contributed by atoms with Crippen LogP contribution in [0.4, 0.5) is 5.69 Å². The number of hydrogen-bond acceptors (Lipinski definition) is 5. The van der Waals surface area contributed by atoms with Crippen LogP contribution >= 0.6 is 0 Å². The van der Waals surface area contributed by atoms with E-state index in [9.17, 15) is 13.2 Å². The first-order valence-corrected chi connectivity index (χ1v) is 8.14. The first kappa shape index (κ1) is 14.6. The second-order valence-electron chi connectivity index (χ2n) is 4.85. The van der Waals surface area contributed by atoms with Crippen LogP contribution in [0.3, 0.4) is 0 Å². The van der Waals surface area contributed by atoms with Gasteiger partial charge in [-0.25, -0.2) is 8.42 Å². The third-order valence-corrected chi connectivity index (χ3v) is 5.56. The van der Waals surface area contributed by atoms with Crippen molar-refractivity contribution < 1.29 is 17.9 Å². The summed E-state index contributed by atoms with van der Waals surface area (Å²) in [7, 11) is -2.19. The molecule has 0 bridgehead atoms. The van der Waals surface area contributed by atoms with E-state index in [1.165, 1.54) is 7.11 Å². The van der Waals surface area contributed by atoms with Gasteiger partial charge in [0, 0.05) is 12.8 Å². The zero-order valence-corrected chi connectivity index (χ0v) is 12.3. The second kappa shape index (κ2) is 4.97. The molecular weight excluding hydrogens is 280 g/mol. The Hall–Kier alpha value is -1.76. The number of hydrogen-bond donors (Lipinski definition) is 1. The number of carbonyl (C=O) groups excluding carboxylic acids is 1. The molecule has 2 N–H and O–H groups in total. The number of methoxy groups -OCH3 is 1. The van der Waals surface area contributed by atoms with Crippen molar-refractivity contribution in [2.45, 2.75) is 17.7 Å². The fraction of sp³-hybridized carbons (Fsp3) is 0.462. The molecule has 1 aromatic carbocycles. The Morgan fingerprint density at radius 1 is 1.40 bits per heavy atom. The molecule has 7 heteroatoms. The van der Waals surface area contributed by atoms with Crippen molar-refractivity contribution >= 4 is 21.4 Å². The molecule has 1 atom stereocenters. The van der Waals surface area contributed by atoms with Gasteiger partial charge >= 0.3 is 0 Å². The Morgan fingerprint density at radius 3 is 2.60 bits per heavy atom. The molecule has 1 heterocycles. The Bertz CT molecular complexity index is 629. The third kappa shape index (κ3) is 2.02. The normalized spacial score (nSPS) is 22.8. The maximum Gasteiger partial charge on any atom is 0.259 e. The van der Waals surface area contributed by atoms with Gasteiger partial charge in [-0.15, -0.1) is 0 Å². The Kier molecular flexibility index (Phi) is 3.64. The maximum atomic E-state index is 12.2. The standard InChI is InChI=1S/C13H18N2O4S/c1-19-11-7-4-3-6-10(11)15-9-5-8-13(15,12(14)16)20(2,17)18/h3-4,6-7H,5,8-9H2,1-2H3,(H2,14,16). The van der Waals surface area contributed by atoms with Crippen molar-refractivity contribution in [1.29, 1.82) is 0 Å². The van der Waals surface area contributed by atoms with Gasteiger partial charge in [-0.3, -0.25) is 4.79 Å². The van der Waals surface area contributed by atoms with Gasteiger partial charge in [0.05, 0.1) is 12.8 Å². The van der Waals surface area contributed by atoms with E-state index < -0.39 is 20.6 Å². The average Bonchev–Trinajstić information content (AvgIpc) is 2.83. The molecule has 110 valence electrons. The van der Waals surface area contributed by atoms with E-state index in [4.69, 9.17) is 10.5 Å². The predicted molar refractivity (Wildman–Crippen MR) is 76.3 cm³/mol. The number of nitrogens with zero attached hydrogens (tertiary/aromatic N) is 1. The molecule has 0 aliphatic carbocycles. The minimum atomic E-state index is -3.69. The van der Waals surface area contributed by atoms with Crippen LogP contribution in [0.1, 0.15) is 12.8 Å². The lowest BCUT2D eigenvalue weighted by Crippen LogP contribution is -2.59. The highest BCUT2D eigenvalue weighted by Gasteiger charge is 2.55. The molecule has 6 nitrogen and oxygen atoms in total. The topological polar surface area (TPSA) is 89.7 Å². The lowest BCUT2D eigenvalue weighted by Gasteiger charge is -2.36. The third-order valence-electron chi connectivity index (χ3n) is 3.71. The van der Waals surface area contributed by atoms with Gasteiger partial charge in [0.25, 0.3) is 5.91 Å². The van der Waals surface area contributed by atoms with Gasteiger partial charge in [-0.1, -0.05) is 12.1 Å². The van der Waals surface area contributed by atoms with E-state index in [0.717, 1.165) is 6.26 Å². The zero-order valence-electron chi connectivity index (χ0n) is 11.5. The molecule has 1 saturated heterocycles. The van der Waals surface area contributed by atoms with Crippen molar-refractivity contribution in [2.24, 2.45) is 5.73 Å². The summed E-state index contributed by atoms with van der Waals surface area (Å²) in [5.74, 6) is -0.327. The number of para-hydroxylation sites is 2. The summed E-state index contributed by atoms with van der Waals surface area (Å²) in [5, 5.41) is 0. The van der Waals surface area contributed by atoms with Crippen LogP contribution in [0.25, 0.3) is 0 Å². The number of ether oxygens (including phenoxy) is 1. The van der Waals surface area contributed by atoms with E-state index in [1.807, 2.05) is 0 Å². The summed E-state index contributed by atoms with van der Waals surface area (Å²) in [6.07, 6.45) is 1.82. The molecule has 0 radical (unpaired) electrons. The lowest BCUT2D eigenvalue weighted by atomic mass is 10.2. The smallest absolute Gasteiger partial charge is 0.259 e. The molecule has 2 rings (SSSR count). The second-order valence-corrected chi connectivity index (χ2v) is 7.07. The van der Waals surface area contributed by atoms with Crippen molar-refractivity contribution in [2.75, 3.05) is 24.8 Å². The van der Waals surface area contributed by atoms with Gasteiger partial charge in [0.2, 0.25) is 4.87 Å². The molecule has 1 aliphatic heterocycles. The minimum absolute atomic E-state index is 0.194. The van der Waals surface area contributed by atoms with Gasteiger partial charge in [-0.2, -0.15) is 0 Å². The van der Waals surface area contributed by atoms with Gasteiger partial charge in [0.1, 0.15) is 5.75 Å². The van der Waals surface area contributed by atoms with Crippen molar-refractivity contribution in [3.8, 4) is 5.75 Å². The fourth-order valence-corrected chi connectivity index (χ4v) is 4.26. The van der Waals surface area contributed by atoms with Crippen LogP contribution in [-0.2, 0) is 14.6 Å². The fourth-order valence-electron chi connectivity index (χ4n) is 2.78. The molecule has 0 saturated carbocycles. The molecule has 0 aromatic heterocycles. The molecule has 1 amide bonds. The molecule has 1 unspecified atom stereocenters. The largest absolute Gasteiger partial charge is 0.495 e. The summed E-state index contributed by atoms with van der Waals surface area (Å²) in [6.45, 7) is 0.441. The number of anilines is 1. The number of benzene rings is 1. The number of carbonyl (C=O) groups is 1. The number of sulfone groups is 1. The van der Waals surface area contributed by atoms with Crippen LogP contribution in [0, 0.1) is 0 Å². The van der Waals surface area contributed by atoms with Crippen LogP contribution in [0.2, 0.25) is 0 Å². The number of nitrogens with two attached hydrogens (primary N) is 1. The molecule has 1 aliphatic rings. The Labute approximate surface area is 118 Å². The maximum absolute atomic E-state index is 12.2. The monoisotopic (exact) mass is 298 g/mol. The van der Waals surface area contributed by atoms with Crippen LogP contribution < -0.4 is 15.4 Å². The van der Waals surface area contributed by atoms with Gasteiger partial charge in [-0.05, 0) is 25.0 Å². The first-order chi connectivity index (χ1) is 9.34. The van der Waals surface area contributed by atoms with Gasteiger partial charge in [0.15, 0.2) is 9.84 Å². The summed E-state index contributed by atoms with van der Waals surface area (Å²) in [6, 6.07) is 7.00. The van der Waals surface area contributed by atoms with E-state index >= 15 is 0 Å². The number of rotatable bonds is 4. The highest BCUT2D eigenvalue weighted by molar-refractivity contribution is 7.93. The van der Waals surface area contributed by atoms with E-state index in [0.29, 0.717) is 24.4 Å². The van der Waals surface area contributed by atoms with E-state index in [2.05, 4.69) is 0 Å². The predicted octanol–water partition coefficient (Wildman–Crippen LogP) is 0.522. The quantitative estimate of drug-likeness (QED) is 0.875. The molecule has 0 spiro atoms. The zero-order chi connectivity index (χ0) is 15.0. The van der Waals surface area contributed by atoms with E-state index in [-0.39, 0.29) is 6.42 Å². The summed E-state index contributed by atoms with van der Waals surface area (Å²) >= 11 is 0. The molecule has 1 aromatic rings. The Morgan fingerprint density at radius 2 is 2.05 bits per heavy atom. The minimum Gasteiger partial charge on any atom is -0.495 e. The number of primary amides is 1. The van der Waals surface area contributed by atoms with E-state index in [1.54, 1.807) is 29.2 Å². The summed E-state index contributed by atoms with van der Waals surface area (Å²) in [4.78, 5) is 11.8. The van der Waals surface area contributed by atoms with Crippen LogP contribution in [0.15, 0.2) is 24.3 Å². The SMILES string of the molecule is COc1ccccc1N1CCCC1(C(N)=O)S(C)(=O)=O. The van der Waals surface area contributed by atoms with Crippen molar-refractivity contribution in [1.82, 2.24) is 0 Å².